The standard InChI is InChI=1S/C21H12F3NO3S2/c22-21(23,24)28-14-10-8-13(9-11-14)25-19(26)17(16-7-4-12-29-16)18(20(25)27)30-15-5-2-1-3-6-15/h1-12H. The summed E-state index contributed by atoms with van der Waals surface area (Å²) < 4.78 is 41.0. The number of rotatable bonds is 5. The molecule has 0 N–H and O–H groups in total. The van der Waals surface area contributed by atoms with Crippen LogP contribution in [0, 0.1) is 0 Å². The van der Waals surface area contributed by atoms with E-state index in [1.807, 2.05) is 30.3 Å². The molecule has 152 valence electrons. The molecule has 0 saturated carbocycles. The number of carbonyl (C=O) groups is 2. The minimum atomic E-state index is -4.83. The summed E-state index contributed by atoms with van der Waals surface area (Å²) in [6, 6.07) is 17.3. The minimum Gasteiger partial charge on any atom is -0.406 e. The fourth-order valence-corrected chi connectivity index (χ4v) is 4.72. The van der Waals surface area contributed by atoms with Gasteiger partial charge in [0.05, 0.1) is 16.2 Å². The van der Waals surface area contributed by atoms with Gasteiger partial charge >= 0.3 is 6.36 Å². The Labute approximate surface area is 177 Å². The molecule has 4 rings (SSSR count). The number of hydrogen-bond donors (Lipinski definition) is 0. The number of amides is 2. The topological polar surface area (TPSA) is 46.6 Å². The van der Waals surface area contributed by atoms with Crippen molar-refractivity contribution in [1.29, 1.82) is 0 Å². The number of hydrogen-bond acceptors (Lipinski definition) is 5. The molecule has 2 amide bonds. The Morgan fingerprint density at radius 2 is 1.57 bits per heavy atom. The van der Waals surface area contributed by atoms with Crippen LogP contribution in [0.2, 0.25) is 0 Å². The summed E-state index contributed by atoms with van der Waals surface area (Å²) in [6.07, 6.45) is -4.83. The zero-order valence-corrected chi connectivity index (χ0v) is 16.7. The SMILES string of the molecule is O=C1C(Sc2ccccc2)=C(c2cccs2)C(=O)N1c1ccc(OC(F)(F)F)cc1. The van der Waals surface area contributed by atoms with Gasteiger partial charge in [0.1, 0.15) is 5.75 Å². The van der Waals surface area contributed by atoms with Crippen LogP contribution in [0.25, 0.3) is 5.57 Å². The van der Waals surface area contributed by atoms with Gasteiger partial charge in [-0.15, -0.1) is 24.5 Å². The Balaban J connectivity index is 1.69. The third-order valence-electron chi connectivity index (χ3n) is 4.10. The van der Waals surface area contributed by atoms with E-state index in [-0.39, 0.29) is 16.2 Å². The van der Waals surface area contributed by atoms with Gasteiger partial charge in [0.2, 0.25) is 0 Å². The van der Waals surface area contributed by atoms with Crippen molar-refractivity contribution < 1.29 is 27.5 Å². The first-order valence-corrected chi connectivity index (χ1v) is 10.3. The summed E-state index contributed by atoms with van der Waals surface area (Å²) in [4.78, 5) is 29.0. The lowest BCUT2D eigenvalue weighted by atomic mass is 10.2. The van der Waals surface area contributed by atoms with Crippen molar-refractivity contribution in [3.05, 3.63) is 81.9 Å². The molecule has 1 aliphatic rings. The first-order chi connectivity index (χ1) is 14.3. The van der Waals surface area contributed by atoms with E-state index in [0.717, 1.165) is 21.9 Å². The maximum Gasteiger partial charge on any atom is 0.573 e. The third kappa shape index (κ3) is 4.12. The van der Waals surface area contributed by atoms with Gasteiger partial charge in [-0.05, 0) is 47.8 Å². The molecule has 0 atom stereocenters. The fraction of sp³-hybridized carbons (Fsp3) is 0.0476. The Bertz CT molecular complexity index is 1110. The van der Waals surface area contributed by atoms with E-state index in [4.69, 9.17) is 0 Å². The minimum absolute atomic E-state index is 0.164. The highest BCUT2D eigenvalue weighted by Gasteiger charge is 2.41. The van der Waals surface area contributed by atoms with Gasteiger partial charge in [0.25, 0.3) is 11.8 Å². The van der Waals surface area contributed by atoms with E-state index >= 15 is 0 Å². The largest absolute Gasteiger partial charge is 0.573 e. The highest BCUT2D eigenvalue weighted by Crippen LogP contribution is 2.42. The first-order valence-electron chi connectivity index (χ1n) is 8.59. The van der Waals surface area contributed by atoms with Gasteiger partial charge in [-0.1, -0.05) is 36.0 Å². The molecule has 0 radical (unpaired) electrons. The molecule has 1 aliphatic heterocycles. The fourth-order valence-electron chi connectivity index (χ4n) is 2.88. The van der Waals surface area contributed by atoms with Crippen LogP contribution in [0.1, 0.15) is 4.88 Å². The second-order valence-electron chi connectivity index (χ2n) is 6.08. The molecule has 2 heterocycles. The average Bonchev–Trinajstić information content (AvgIpc) is 3.30. The van der Waals surface area contributed by atoms with Gasteiger partial charge in [-0.2, -0.15) is 0 Å². The summed E-state index contributed by atoms with van der Waals surface area (Å²) in [5.74, 6) is -1.48. The van der Waals surface area contributed by atoms with E-state index in [1.54, 1.807) is 17.5 Å². The first kappa shape index (κ1) is 20.2. The van der Waals surface area contributed by atoms with Crippen molar-refractivity contribution in [3.8, 4) is 5.75 Å². The normalized spacial score (nSPS) is 14.6. The highest BCUT2D eigenvalue weighted by atomic mass is 32.2. The molecule has 2 aromatic carbocycles. The molecule has 0 spiro atoms. The number of ether oxygens (including phenoxy) is 1. The second-order valence-corrected chi connectivity index (χ2v) is 8.12. The van der Waals surface area contributed by atoms with Crippen LogP contribution in [-0.2, 0) is 9.59 Å². The summed E-state index contributed by atoms with van der Waals surface area (Å²) in [5.41, 5.74) is 0.441. The van der Waals surface area contributed by atoms with Crippen LogP contribution in [0.5, 0.6) is 5.75 Å². The van der Waals surface area contributed by atoms with Gasteiger partial charge < -0.3 is 4.74 Å². The number of thioether (sulfide) groups is 1. The second kappa shape index (κ2) is 8.00. The molecular weight excluding hydrogens is 435 g/mol. The van der Waals surface area contributed by atoms with Crippen LogP contribution in [0.15, 0.2) is 81.9 Å². The number of carbonyl (C=O) groups excluding carboxylic acids is 2. The lowest BCUT2D eigenvalue weighted by Crippen LogP contribution is -2.31. The lowest BCUT2D eigenvalue weighted by molar-refractivity contribution is -0.274. The highest BCUT2D eigenvalue weighted by molar-refractivity contribution is 8.04. The molecule has 30 heavy (non-hydrogen) atoms. The predicted octanol–water partition coefficient (Wildman–Crippen LogP) is 5.72. The van der Waals surface area contributed by atoms with E-state index in [2.05, 4.69) is 4.74 Å². The predicted molar refractivity (Wildman–Crippen MR) is 109 cm³/mol. The third-order valence-corrected chi connectivity index (χ3v) is 6.08. The summed E-state index contributed by atoms with van der Waals surface area (Å²) in [6.45, 7) is 0. The molecule has 0 bridgehead atoms. The number of thiophene rings is 1. The van der Waals surface area contributed by atoms with Crippen LogP contribution >= 0.6 is 23.1 Å². The number of benzene rings is 2. The van der Waals surface area contributed by atoms with Crippen molar-refractivity contribution in [2.24, 2.45) is 0 Å². The maximum atomic E-state index is 13.2. The zero-order chi connectivity index (χ0) is 21.3. The van der Waals surface area contributed by atoms with Gasteiger partial charge in [0.15, 0.2) is 0 Å². The molecule has 0 unspecified atom stereocenters. The van der Waals surface area contributed by atoms with Crippen LogP contribution < -0.4 is 9.64 Å². The number of nitrogens with zero attached hydrogens (tertiary/aromatic N) is 1. The zero-order valence-electron chi connectivity index (χ0n) is 15.1. The molecular formula is C21H12F3NO3S2. The van der Waals surface area contributed by atoms with Crippen molar-refractivity contribution in [2.75, 3.05) is 4.90 Å². The number of halogens is 3. The van der Waals surface area contributed by atoms with Crippen molar-refractivity contribution >= 4 is 46.2 Å². The molecule has 3 aromatic rings. The van der Waals surface area contributed by atoms with Gasteiger partial charge in [-0.25, -0.2) is 4.90 Å². The lowest BCUT2D eigenvalue weighted by Gasteiger charge is -2.16. The Hall–Kier alpha value is -3.04. The van der Waals surface area contributed by atoms with Crippen molar-refractivity contribution in [1.82, 2.24) is 0 Å². The molecule has 0 saturated heterocycles. The van der Waals surface area contributed by atoms with E-state index in [1.165, 1.54) is 35.2 Å². The Morgan fingerprint density at radius 1 is 0.867 bits per heavy atom. The molecule has 4 nitrogen and oxygen atoms in total. The molecule has 1 aromatic heterocycles. The molecule has 0 fully saturated rings. The monoisotopic (exact) mass is 447 g/mol. The van der Waals surface area contributed by atoms with E-state index < -0.39 is 23.9 Å². The van der Waals surface area contributed by atoms with Crippen molar-refractivity contribution in [3.63, 3.8) is 0 Å². The Kier molecular flexibility index (Phi) is 5.40. The number of anilines is 1. The van der Waals surface area contributed by atoms with Gasteiger partial charge in [-0.3, -0.25) is 9.59 Å². The van der Waals surface area contributed by atoms with Crippen LogP contribution in [-0.4, -0.2) is 18.2 Å². The number of imide groups is 1. The van der Waals surface area contributed by atoms with Gasteiger partial charge in [0, 0.05) is 9.77 Å². The van der Waals surface area contributed by atoms with Crippen LogP contribution in [0.3, 0.4) is 0 Å². The molecule has 0 aliphatic carbocycles. The average molecular weight is 447 g/mol. The Morgan fingerprint density at radius 3 is 2.17 bits per heavy atom. The molecule has 9 heteroatoms. The summed E-state index contributed by atoms with van der Waals surface area (Å²) in [7, 11) is 0. The number of alkyl halides is 3. The maximum absolute atomic E-state index is 13.2. The van der Waals surface area contributed by atoms with E-state index in [0.29, 0.717) is 4.88 Å². The quantitative estimate of drug-likeness (QED) is 0.469. The van der Waals surface area contributed by atoms with E-state index in [9.17, 15) is 22.8 Å². The smallest absolute Gasteiger partial charge is 0.406 e. The summed E-state index contributed by atoms with van der Waals surface area (Å²) >= 11 is 2.51. The summed E-state index contributed by atoms with van der Waals surface area (Å²) in [5, 5.41) is 1.80. The van der Waals surface area contributed by atoms with Crippen molar-refractivity contribution in [2.45, 2.75) is 11.3 Å². The van der Waals surface area contributed by atoms with Crippen LogP contribution in [0.4, 0.5) is 18.9 Å².